The highest BCUT2D eigenvalue weighted by Gasteiger charge is 2.15. The summed E-state index contributed by atoms with van der Waals surface area (Å²) in [6, 6.07) is 5.37. The first-order valence-electron chi connectivity index (χ1n) is 6.23. The monoisotopic (exact) mass is 283 g/mol. The number of hydrogen-bond donors (Lipinski definition) is 3. The van der Waals surface area contributed by atoms with Crippen molar-refractivity contribution in [3.63, 3.8) is 0 Å². The molecule has 0 aromatic heterocycles. The molecule has 0 aliphatic rings. The van der Waals surface area contributed by atoms with Gasteiger partial charge in [-0.15, -0.1) is 0 Å². The second-order valence-corrected chi connectivity index (χ2v) is 6.38. The zero-order valence-corrected chi connectivity index (χ0v) is 12.2. The predicted octanol–water partition coefficient (Wildman–Crippen LogP) is 1.69. The highest BCUT2D eigenvalue weighted by atomic mass is 32.2. The van der Waals surface area contributed by atoms with Crippen LogP contribution in [-0.4, -0.2) is 20.8 Å². The van der Waals surface area contributed by atoms with Crippen molar-refractivity contribution in [2.45, 2.75) is 38.0 Å². The fourth-order valence-electron chi connectivity index (χ4n) is 1.72. The summed E-state index contributed by atoms with van der Waals surface area (Å²) >= 11 is 0. The Labute approximate surface area is 114 Å². The topological polar surface area (TPSA) is 96.0 Å². The summed E-state index contributed by atoms with van der Waals surface area (Å²) in [6.07, 6.45) is 1.89. The number of aryl methyl sites for hydroxylation is 2. The first-order chi connectivity index (χ1) is 8.83. The van der Waals surface area contributed by atoms with Crippen molar-refractivity contribution in [1.82, 2.24) is 4.72 Å². The Bertz CT molecular complexity index is 553. The van der Waals surface area contributed by atoms with Gasteiger partial charge >= 0.3 is 0 Å². The number of rotatable bonds is 7. The lowest BCUT2D eigenvalue weighted by molar-refractivity contribution is 0.577. The van der Waals surface area contributed by atoms with Crippen LogP contribution in [-0.2, 0) is 10.0 Å². The largest absolute Gasteiger partial charge is 0.388 e. The summed E-state index contributed by atoms with van der Waals surface area (Å²) < 4.78 is 26.8. The number of sulfonamides is 1. The third-order valence-electron chi connectivity index (χ3n) is 2.80. The van der Waals surface area contributed by atoms with Crippen LogP contribution >= 0.6 is 0 Å². The van der Waals surface area contributed by atoms with E-state index in [2.05, 4.69) is 4.72 Å². The zero-order chi connectivity index (χ0) is 14.5. The first kappa shape index (κ1) is 15.7. The van der Waals surface area contributed by atoms with Crippen LogP contribution in [0.25, 0.3) is 0 Å². The molecule has 0 heterocycles. The van der Waals surface area contributed by atoms with E-state index in [1.807, 2.05) is 13.0 Å². The number of nitrogens with one attached hydrogen (secondary N) is 2. The molecule has 0 radical (unpaired) electrons. The Morgan fingerprint density at radius 2 is 2.00 bits per heavy atom. The van der Waals surface area contributed by atoms with Gasteiger partial charge < -0.3 is 5.73 Å². The molecule has 0 aliphatic heterocycles. The highest BCUT2D eigenvalue weighted by Crippen LogP contribution is 2.16. The van der Waals surface area contributed by atoms with E-state index >= 15 is 0 Å². The molecular formula is C13H21N3O2S. The molecule has 0 saturated carbocycles. The summed E-state index contributed by atoms with van der Waals surface area (Å²) in [5, 5.41) is 7.08. The van der Waals surface area contributed by atoms with Crippen LogP contribution in [0, 0.1) is 19.3 Å². The smallest absolute Gasteiger partial charge is 0.240 e. The number of benzene rings is 1. The average Bonchev–Trinajstić information content (AvgIpc) is 2.31. The molecule has 0 atom stereocenters. The van der Waals surface area contributed by atoms with Crippen molar-refractivity contribution in [3.05, 3.63) is 29.3 Å². The Morgan fingerprint density at radius 1 is 1.32 bits per heavy atom. The maximum absolute atomic E-state index is 12.1. The molecule has 106 valence electrons. The van der Waals surface area contributed by atoms with Gasteiger partial charge in [0, 0.05) is 13.0 Å². The molecule has 0 unspecified atom stereocenters. The predicted molar refractivity (Wildman–Crippen MR) is 76.9 cm³/mol. The molecule has 5 nitrogen and oxygen atoms in total. The Morgan fingerprint density at radius 3 is 2.63 bits per heavy atom. The maximum atomic E-state index is 12.1. The van der Waals surface area contributed by atoms with Crippen LogP contribution in [0.5, 0.6) is 0 Å². The van der Waals surface area contributed by atoms with Gasteiger partial charge in [0.25, 0.3) is 0 Å². The molecular weight excluding hydrogens is 262 g/mol. The standard InChI is InChI=1S/C13H21N3O2S/c1-10-6-7-11(2)12(9-10)19(17,18)16-8-4-3-5-13(14)15/h6-7,9,16H,3-5,8H2,1-2H3,(H3,14,15). The fraction of sp³-hybridized carbons (Fsp3) is 0.462. The van der Waals surface area contributed by atoms with Gasteiger partial charge in [-0.25, -0.2) is 13.1 Å². The minimum Gasteiger partial charge on any atom is -0.388 e. The van der Waals surface area contributed by atoms with Crippen LogP contribution in [0.4, 0.5) is 0 Å². The van der Waals surface area contributed by atoms with Gasteiger partial charge in [-0.3, -0.25) is 5.41 Å². The lowest BCUT2D eigenvalue weighted by atomic mass is 10.2. The molecule has 0 spiro atoms. The Hall–Kier alpha value is -1.40. The second kappa shape index (κ2) is 6.68. The van der Waals surface area contributed by atoms with Crippen LogP contribution in [0.3, 0.4) is 0 Å². The van der Waals surface area contributed by atoms with Crippen LogP contribution < -0.4 is 10.5 Å². The average molecular weight is 283 g/mol. The lowest BCUT2D eigenvalue weighted by Crippen LogP contribution is -2.25. The molecule has 0 bridgehead atoms. The van der Waals surface area contributed by atoms with E-state index in [0.29, 0.717) is 30.7 Å². The minimum atomic E-state index is -3.45. The van der Waals surface area contributed by atoms with E-state index < -0.39 is 10.0 Å². The lowest BCUT2D eigenvalue weighted by Gasteiger charge is -2.10. The molecule has 1 rings (SSSR count). The molecule has 0 amide bonds. The van der Waals surface area contributed by atoms with E-state index in [9.17, 15) is 8.42 Å². The van der Waals surface area contributed by atoms with Gasteiger partial charge in [-0.2, -0.15) is 0 Å². The van der Waals surface area contributed by atoms with Crippen LogP contribution in [0.2, 0.25) is 0 Å². The number of nitrogens with two attached hydrogens (primary N) is 1. The van der Waals surface area contributed by atoms with Crippen molar-refractivity contribution < 1.29 is 8.42 Å². The van der Waals surface area contributed by atoms with Crippen molar-refractivity contribution in [2.75, 3.05) is 6.54 Å². The number of amidine groups is 1. The van der Waals surface area contributed by atoms with Crippen molar-refractivity contribution >= 4 is 15.9 Å². The summed E-state index contributed by atoms with van der Waals surface area (Å²) in [4.78, 5) is 0.332. The quantitative estimate of drug-likeness (QED) is 0.403. The van der Waals surface area contributed by atoms with Gasteiger partial charge in [0.05, 0.1) is 10.7 Å². The van der Waals surface area contributed by atoms with E-state index in [-0.39, 0.29) is 5.84 Å². The van der Waals surface area contributed by atoms with Crippen LogP contribution in [0.15, 0.2) is 23.1 Å². The number of unbranched alkanes of at least 4 members (excludes halogenated alkanes) is 1. The van der Waals surface area contributed by atoms with Crippen LogP contribution in [0.1, 0.15) is 30.4 Å². The van der Waals surface area contributed by atoms with Gasteiger partial charge in [-0.05, 0) is 43.9 Å². The highest BCUT2D eigenvalue weighted by molar-refractivity contribution is 7.89. The normalized spacial score (nSPS) is 11.5. The van der Waals surface area contributed by atoms with E-state index in [1.54, 1.807) is 19.1 Å². The maximum Gasteiger partial charge on any atom is 0.240 e. The molecule has 19 heavy (non-hydrogen) atoms. The van der Waals surface area contributed by atoms with Gasteiger partial charge in [-0.1, -0.05) is 12.1 Å². The summed E-state index contributed by atoms with van der Waals surface area (Å²) in [7, 11) is -3.45. The third-order valence-corrected chi connectivity index (χ3v) is 4.40. The van der Waals surface area contributed by atoms with Gasteiger partial charge in [0.2, 0.25) is 10.0 Å². The van der Waals surface area contributed by atoms with Crippen molar-refractivity contribution in [2.24, 2.45) is 5.73 Å². The zero-order valence-electron chi connectivity index (χ0n) is 11.4. The molecule has 4 N–H and O–H groups in total. The fourth-order valence-corrected chi connectivity index (χ4v) is 3.12. The Balaban J connectivity index is 2.61. The van der Waals surface area contributed by atoms with Crippen molar-refractivity contribution in [1.29, 1.82) is 5.41 Å². The second-order valence-electron chi connectivity index (χ2n) is 4.65. The number of hydrogen-bond acceptors (Lipinski definition) is 3. The van der Waals surface area contributed by atoms with E-state index in [1.165, 1.54) is 0 Å². The summed E-state index contributed by atoms with van der Waals surface area (Å²) in [5.41, 5.74) is 6.89. The first-order valence-corrected chi connectivity index (χ1v) is 7.71. The minimum absolute atomic E-state index is 0.136. The molecule has 0 fully saturated rings. The van der Waals surface area contributed by atoms with Gasteiger partial charge in [0.15, 0.2) is 0 Å². The summed E-state index contributed by atoms with van der Waals surface area (Å²) in [5.74, 6) is 0.136. The molecule has 6 heteroatoms. The Kier molecular flexibility index (Phi) is 5.50. The summed E-state index contributed by atoms with van der Waals surface area (Å²) in [6.45, 7) is 4.01. The SMILES string of the molecule is Cc1ccc(C)c(S(=O)(=O)NCCCCC(=N)N)c1. The molecule has 1 aromatic carbocycles. The van der Waals surface area contributed by atoms with Crippen molar-refractivity contribution in [3.8, 4) is 0 Å². The molecule has 1 aromatic rings. The molecule has 0 aliphatic carbocycles. The third kappa shape index (κ3) is 5.00. The van der Waals surface area contributed by atoms with E-state index in [0.717, 1.165) is 11.1 Å². The van der Waals surface area contributed by atoms with E-state index in [4.69, 9.17) is 11.1 Å². The van der Waals surface area contributed by atoms with Gasteiger partial charge in [0.1, 0.15) is 0 Å². The molecule has 0 saturated heterocycles.